The molecule has 3 rings (SSSR count). The van der Waals surface area contributed by atoms with Gasteiger partial charge >= 0.3 is 0 Å². The number of hydrogen-bond donors (Lipinski definition) is 0. The third kappa shape index (κ3) is 1.02. The number of rotatable bonds is 0. The topological polar surface area (TPSA) is 13.1 Å². The lowest BCUT2D eigenvalue weighted by molar-refractivity contribution is 0.593. The third-order valence-corrected chi connectivity index (χ3v) is 2.88. The first kappa shape index (κ1) is 7.86. The summed E-state index contributed by atoms with van der Waals surface area (Å²) < 4.78 is 5.78. The van der Waals surface area contributed by atoms with Gasteiger partial charge in [0.25, 0.3) is 0 Å². The van der Waals surface area contributed by atoms with Crippen molar-refractivity contribution < 1.29 is 4.42 Å². The Balaban J connectivity index is 2.35. The fourth-order valence-electron chi connectivity index (χ4n) is 2.11. The van der Waals surface area contributed by atoms with Gasteiger partial charge in [0.2, 0.25) is 0 Å². The quantitative estimate of drug-likeness (QED) is 0.607. The molecular weight excluding hydrogens is 172 g/mol. The van der Waals surface area contributed by atoms with Crippen molar-refractivity contribution in [1.29, 1.82) is 0 Å². The Kier molecular flexibility index (Phi) is 1.54. The van der Waals surface area contributed by atoms with Crippen LogP contribution >= 0.6 is 0 Å². The highest BCUT2D eigenvalue weighted by atomic mass is 16.3. The SMILES string of the molecule is CC1=Cc2oc3ccccc3c2CC1. The lowest BCUT2D eigenvalue weighted by Gasteiger charge is -2.07. The van der Waals surface area contributed by atoms with Crippen molar-refractivity contribution in [3.8, 4) is 0 Å². The van der Waals surface area contributed by atoms with Gasteiger partial charge in [0.05, 0.1) is 0 Å². The van der Waals surface area contributed by atoms with E-state index >= 15 is 0 Å². The number of aryl methyl sites for hydroxylation is 1. The summed E-state index contributed by atoms with van der Waals surface area (Å²) in [6.07, 6.45) is 4.45. The molecule has 1 nitrogen and oxygen atoms in total. The van der Waals surface area contributed by atoms with Crippen LogP contribution in [0.2, 0.25) is 0 Å². The van der Waals surface area contributed by atoms with Crippen LogP contribution in [0.25, 0.3) is 17.0 Å². The van der Waals surface area contributed by atoms with E-state index in [4.69, 9.17) is 4.42 Å². The van der Waals surface area contributed by atoms with Crippen LogP contribution < -0.4 is 0 Å². The molecule has 0 spiro atoms. The molecule has 0 bridgehead atoms. The first-order valence-corrected chi connectivity index (χ1v) is 5.02. The van der Waals surface area contributed by atoms with Crippen molar-refractivity contribution in [1.82, 2.24) is 0 Å². The Labute approximate surface area is 83.0 Å². The number of para-hydroxylation sites is 1. The molecule has 0 fully saturated rings. The van der Waals surface area contributed by atoms with Gasteiger partial charge < -0.3 is 4.42 Å². The minimum Gasteiger partial charge on any atom is -0.456 e. The number of furan rings is 1. The Morgan fingerprint density at radius 3 is 2.93 bits per heavy atom. The first-order chi connectivity index (χ1) is 6.84. The molecule has 14 heavy (non-hydrogen) atoms. The summed E-state index contributed by atoms with van der Waals surface area (Å²) in [5, 5.41) is 1.28. The zero-order valence-corrected chi connectivity index (χ0v) is 8.21. The Morgan fingerprint density at radius 2 is 2.00 bits per heavy atom. The van der Waals surface area contributed by atoms with E-state index in [1.165, 1.54) is 16.5 Å². The average molecular weight is 184 g/mol. The highest BCUT2D eigenvalue weighted by Gasteiger charge is 2.15. The van der Waals surface area contributed by atoms with Crippen LogP contribution in [0.15, 0.2) is 34.3 Å². The van der Waals surface area contributed by atoms with Crippen LogP contribution in [0.1, 0.15) is 24.7 Å². The molecule has 1 aromatic carbocycles. The van der Waals surface area contributed by atoms with E-state index < -0.39 is 0 Å². The van der Waals surface area contributed by atoms with Crippen molar-refractivity contribution in [2.24, 2.45) is 0 Å². The largest absolute Gasteiger partial charge is 0.456 e. The monoisotopic (exact) mass is 184 g/mol. The number of fused-ring (bicyclic) bond motifs is 3. The van der Waals surface area contributed by atoms with E-state index in [-0.39, 0.29) is 0 Å². The minimum absolute atomic E-state index is 1.02. The van der Waals surface area contributed by atoms with E-state index in [1.54, 1.807) is 0 Å². The van der Waals surface area contributed by atoms with Gasteiger partial charge in [-0.05, 0) is 31.9 Å². The summed E-state index contributed by atoms with van der Waals surface area (Å²) >= 11 is 0. The third-order valence-electron chi connectivity index (χ3n) is 2.88. The van der Waals surface area contributed by atoms with Gasteiger partial charge in [-0.1, -0.05) is 23.8 Å². The van der Waals surface area contributed by atoms with Crippen LogP contribution in [0.5, 0.6) is 0 Å². The highest BCUT2D eigenvalue weighted by Crippen LogP contribution is 2.32. The molecular formula is C13H12O. The lowest BCUT2D eigenvalue weighted by atomic mass is 9.96. The Bertz CT molecular complexity index is 517. The van der Waals surface area contributed by atoms with Crippen molar-refractivity contribution in [2.45, 2.75) is 19.8 Å². The average Bonchev–Trinajstić information content (AvgIpc) is 2.54. The second-order valence-corrected chi connectivity index (χ2v) is 3.93. The van der Waals surface area contributed by atoms with Gasteiger partial charge in [0, 0.05) is 10.9 Å². The summed E-state index contributed by atoms with van der Waals surface area (Å²) in [5.74, 6) is 1.06. The van der Waals surface area contributed by atoms with E-state index in [0.717, 1.165) is 24.2 Å². The van der Waals surface area contributed by atoms with Crippen molar-refractivity contribution in [3.63, 3.8) is 0 Å². The smallest absolute Gasteiger partial charge is 0.135 e. The summed E-state index contributed by atoms with van der Waals surface area (Å²) in [5.41, 5.74) is 3.81. The summed E-state index contributed by atoms with van der Waals surface area (Å²) in [7, 11) is 0. The maximum atomic E-state index is 5.78. The molecule has 0 saturated heterocycles. The molecule has 0 unspecified atom stereocenters. The molecule has 1 heteroatoms. The van der Waals surface area contributed by atoms with Gasteiger partial charge in [0.15, 0.2) is 0 Å². The number of allylic oxidation sites excluding steroid dienone is 1. The molecule has 0 aliphatic heterocycles. The first-order valence-electron chi connectivity index (χ1n) is 5.02. The highest BCUT2D eigenvalue weighted by molar-refractivity contribution is 5.85. The predicted octanol–water partition coefficient (Wildman–Crippen LogP) is 3.78. The Hall–Kier alpha value is -1.50. The summed E-state index contributed by atoms with van der Waals surface area (Å²) in [6.45, 7) is 2.16. The van der Waals surface area contributed by atoms with E-state index in [0.29, 0.717) is 0 Å². The molecule has 1 aromatic heterocycles. The number of benzene rings is 1. The molecule has 1 aliphatic carbocycles. The van der Waals surface area contributed by atoms with Gasteiger partial charge in [-0.3, -0.25) is 0 Å². The second-order valence-electron chi connectivity index (χ2n) is 3.93. The van der Waals surface area contributed by atoms with Crippen LogP contribution in [-0.2, 0) is 6.42 Å². The molecule has 70 valence electrons. The molecule has 0 amide bonds. The molecule has 2 aromatic rings. The zero-order valence-electron chi connectivity index (χ0n) is 8.21. The van der Waals surface area contributed by atoms with E-state index in [9.17, 15) is 0 Å². The molecule has 0 atom stereocenters. The minimum atomic E-state index is 1.02. The normalized spacial score (nSPS) is 15.4. The molecule has 0 radical (unpaired) electrons. The van der Waals surface area contributed by atoms with Crippen molar-refractivity contribution in [2.75, 3.05) is 0 Å². The van der Waals surface area contributed by atoms with Gasteiger partial charge in [-0.15, -0.1) is 0 Å². The summed E-state index contributed by atoms with van der Waals surface area (Å²) in [6, 6.07) is 8.28. The van der Waals surface area contributed by atoms with Gasteiger partial charge in [-0.2, -0.15) is 0 Å². The molecule has 0 N–H and O–H groups in total. The maximum Gasteiger partial charge on any atom is 0.135 e. The van der Waals surface area contributed by atoms with E-state index in [2.05, 4.69) is 25.1 Å². The van der Waals surface area contributed by atoms with Crippen molar-refractivity contribution in [3.05, 3.63) is 41.2 Å². The molecule has 1 heterocycles. The van der Waals surface area contributed by atoms with Crippen LogP contribution in [0.3, 0.4) is 0 Å². The molecule has 0 saturated carbocycles. The predicted molar refractivity (Wildman–Crippen MR) is 58.2 cm³/mol. The van der Waals surface area contributed by atoms with Crippen LogP contribution in [-0.4, -0.2) is 0 Å². The molecule has 1 aliphatic rings. The zero-order chi connectivity index (χ0) is 9.54. The fraction of sp³-hybridized carbons (Fsp3) is 0.231. The fourth-order valence-corrected chi connectivity index (χ4v) is 2.11. The van der Waals surface area contributed by atoms with Crippen LogP contribution in [0.4, 0.5) is 0 Å². The van der Waals surface area contributed by atoms with E-state index in [1.807, 2.05) is 12.1 Å². The second kappa shape index (κ2) is 2.74. The van der Waals surface area contributed by atoms with Crippen LogP contribution in [0, 0.1) is 0 Å². The lowest BCUT2D eigenvalue weighted by Crippen LogP contribution is -1.93. The summed E-state index contributed by atoms with van der Waals surface area (Å²) in [4.78, 5) is 0. The standard InChI is InChI=1S/C13H12O/c1-9-6-7-11-10-4-2-3-5-12(10)14-13(11)8-9/h2-5,8H,6-7H2,1H3. The van der Waals surface area contributed by atoms with Crippen molar-refractivity contribution >= 4 is 17.0 Å². The van der Waals surface area contributed by atoms with Gasteiger partial charge in [-0.25, -0.2) is 0 Å². The number of hydrogen-bond acceptors (Lipinski definition) is 1. The maximum absolute atomic E-state index is 5.78. The van der Waals surface area contributed by atoms with Gasteiger partial charge in [0.1, 0.15) is 11.3 Å². The Morgan fingerprint density at radius 1 is 1.14 bits per heavy atom.